The van der Waals surface area contributed by atoms with Gasteiger partial charge in [-0.3, -0.25) is 14.5 Å². The summed E-state index contributed by atoms with van der Waals surface area (Å²) in [5.74, 6) is -2.24. The van der Waals surface area contributed by atoms with Crippen LogP contribution in [0.25, 0.3) is 0 Å². The van der Waals surface area contributed by atoms with E-state index in [-0.39, 0.29) is 17.5 Å². The molecule has 0 spiro atoms. The van der Waals surface area contributed by atoms with E-state index < -0.39 is 23.8 Å². The van der Waals surface area contributed by atoms with Gasteiger partial charge in [-0.25, -0.2) is 4.79 Å². The first-order valence-electron chi connectivity index (χ1n) is 6.47. The predicted molar refractivity (Wildman–Crippen MR) is 71.3 cm³/mol. The van der Waals surface area contributed by atoms with Crippen molar-refractivity contribution in [3.05, 3.63) is 35.4 Å². The fraction of sp³-hybridized carbons (Fsp3) is 0.357. The number of carbonyl (C=O) groups excluding carboxylic acids is 2. The molecule has 0 saturated heterocycles. The van der Waals surface area contributed by atoms with Crippen molar-refractivity contribution >= 4 is 17.8 Å². The van der Waals surface area contributed by atoms with E-state index >= 15 is 0 Å². The first kappa shape index (κ1) is 14.2. The quantitative estimate of drug-likeness (QED) is 0.593. The van der Waals surface area contributed by atoms with Crippen LogP contribution in [0, 0.1) is 0 Å². The lowest BCUT2D eigenvalue weighted by molar-refractivity contribution is -0.141. The van der Waals surface area contributed by atoms with Gasteiger partial charge in [-0.1, -0.05) is 12.1 Å². The number of benzene rings is 1. The Hall–Kier alpha value is -2.21. The van der Waals surface area contributed by atoms with Crippen molar-refractivity contribution in [2.24, 2.45) is 5.73 Å². The second kappa shape index (κ2) is 5.83. The number of amides is 2. The van der Waals surface area contributed by atoms with E-state index in [2.05, 4.69) is 0 Å². The van der Waals surface area contributed by atoms with E-state index in [0.29, 0.717) is 19.4 Å². The molecule has 20 heavy (non-hydrogen) atoms. The summed E-state index contributed by atoms with van der Waals surface area (Å²) in [4.78, 5) is 36.6. The summed E-state index contributed by atoms with van der Waals surface area (Å²) in [7, 11) is 0. The fourth-order valence-corrected chi connectivity index (χ4v) is 2.34. The Balaban J connectivity index is 2.25. The zero-order valence-corrected chi connectivity index (χ0v) is 10.9. The number of hydrogen-bond acceptors (Lipinski definition) is 4. The highest BCUT2D eigenvalue weighted by atomic mass is 16.4. The van der Waals surface area contributed by atoms with Crippen molar-refractivity contribution in [3.63, 3.8) is 0 Å². The summed E-state index contributed by atoms with van der Waals surface area (Å²) in [5, 5.41) is 9.27. The maximum Gasteiger partial charge on any atom is 0.326 e. The number of aliphatic carboxylic acids is 1. The van der Waals surface area contributed by atoms with E-state index in [9.17, 15) is 19.5 Å². The number of nitrogens with zero attached hydrogens (tertiary/aromatic N) is 1. The van der Waals surface area contributed by atoms with Gasteiger partial charge in [0, 0.05) is 0 Å². The molecular weight excluding hydrogens is 260 g/mol. The number of carboxylic acid groups (broad SMARTS) is 1. The average Bonchev–Trinajstić information content (AvgIpc) is 2.68. The number of unbranched alkanes of at least 4 members (excludes halogenated alkanes) is 1. The number of imide groups is 1. The normalized spacial score (nSPS) is 15.3. The summed E-state index contributed by atoms with van der Waals surface area (Å²) in [6.45, 7) is 0.453. The Bertz CT molecular complexity index is 521. The third-order valence-electron chi connectivity index (χ3n) is 3.35. The topological polar surface area (TPSA) is 101 Å². The molecule has 6 nitrogen and oxygen atoms in total. The molecule has 1 aliphatic rings. The smallest absolute Gasteiger partial charge is 0.326 e. The van der Waals surface area contributed by atoms with Gasteiger partial charge in [-0.05, 0) is 37.9 Å². The molecule has 106 valence electrons. The molecule has 1 unspecified atom stereocenters. The molecule has 1 heterocycles. The van der Waals surface area contributed by atoms with Crippen LogP contribution < -0.4 is 5.73 Å². The minimum absolute atomic E-state index is 0.220. The van der Waals surface area contributed by atoms with Crippen molar-refractivity contribution in [1.29, 1.82) is 0 Å². The second-order valence-corrected chi connectivity index (χ2v) is 4.66. The summed E-state index contributed by atoms with van der Waals surface area (Å²) in [6, 6.07) is 5.24. The minimum atomic E-state index is -1.17. The zero-order chi connectivity index (χ0) is 14.7. The van der Waals surface area contributed by atoms with E-state index in [1.165, 1.54) is 12.1 Å². The maximum absolute atomic E-state index is 12.2. The van der Waals surface area contributed by atoms with Gasteiger partial charge in [0.15, 0.2) is 0 Å². The molecule has 1 aromatic rings. The standard InChI is InChI=1S/C14H16N2O4/c15-8-4-3-7-11(14(19)20)16-12(17)9-5-1-2-6-10(9)13(16)18/h1-2,5-6,11H,3-4,7-8,15H2,(H,19,20). The Morgan fingerprint density at radius 1 is 1.15 bits per heavy atom. The molecule has 1 aliphatic heterocycles. The van der Waals surface area contributed by atoms with Crippen molar-refractivity contribution in [2.45, 2.75) is 25.3 Å². The molecule has 3 N–H and O–H groups in total. The van der Waals surface area contributed by atoms with Crippen molar-refractivity contribution in [2.75, 3.05) is 6.54 Å². The Morgan fingerprint density at radius 2 is 1.70 bits per heavy atom. The van der Waals surface area contributed by atoms with Crippen LogP contribution in [0.5, 0.6) is 0 Å². The van der Waals surface area contributed by atoms with Crippen LogP contribution in [0.3, 0.4) is 0 Å². The molecule has 0 bridgehead atoms. The number of nitrogens with two attached hydrogens (primary N) is 1. The van der Waals surface area contributed by atoms with Gasteiger partial charge in [-0.15, -0.1) is 0 Å². The molecule has 1 aromatic carbocycles. The van der Waals surface area contributed by atoms with Gasteiger partial charge in [0.05, 0.1) is 11.1 Å². The zero-order valence-electron chi connectivity index (χ0n) is 10.9. The van der Waals surface area contributed by atoms with Crippen molar-refractivity contribution in [1.82, 2.24) is 4.90 Å². The highest BCUT2D eigenvalue weighted by Gasteiger charge is 2.42. The minimum Gasteiger partial charge on any atom is -0.480 e. The SMILES string of the molecule is NCCCCC(C(=O)O)N1C(=O)c2ccccc2C1=O. The van der Waals surface area contributed by atoms with E-state index in [4.69, 9.17) is 5.73 Å². The van der Waals surface area contributed by atoms with E-state index in [1.54, 1.807) is 12.1 Å². The van der Waals surface area contributed by atoms with Crippen LogP contribution in [0.4, 0.5) is 0 Å². The molecule has 0 fully saturated rings. The lowest BCUT2D eigenvalue weighted by atomic mass is 10.1. The Kier molecular flexibility index (Phi) is 4.14. The second-order valence-electron chi connectivity index (χ2n) is 4.66. The molecule has 0 aliphatic carbocycles. The molecule has 2 rings (SSSR count). The van der Waals surface area contributed by atoms with Gasteiger partial charge >= 0.3 is 5.97 Å². The number of carbonyl (C=O) groups is 3. The largest absolute Gasteiger partial charge is 0.480 e. The van der Waals surface area contributed by atoms with Gasteiger partial charge in [-0.2, -0.15) is 0 Å². The van der Waals surface area contributed by atoms with Crippen LogP contribution in [0.2, 0.25) is 0 Å². The Morgan fingerprint density at radius 3 is 2.15 bits per heavy atom. The van der Waals surface area contributed by atoms with E-state index in [1.807, 2.05) is 0 Å². The molecule has 1 atom stereocenters. The fourth-order valence-electron chi connectivity index (χ4n) is 2.34. The van der Waals surface area contributed by atoms with E-state index in [0.717, 1.165) is 4.90 Å². The number of carboxylic acids is 1. The van der Waals surface area contributed by atoms with Crippen LogP contribution in [-0.4, -0.2) is 40.4 Å². The molecular formula is C14H16N2O4. The summed E-state index contributed by atoms with van der Waals surface area (Å²) in [5.41, 5.74) is 5.91. The van der Waals surface area contributed by atoms with Crippen molar-refractivity contribution in [3.8, 4) is 0 Å². The van der Waals surface area contributed by atoms with Crippen LogP contribution >= 0.6 is 0 Å². The van der Waals surface area contributed by atoms with Gasteiger partial charge in [0.2, 0.25) is 0 Å². The molecule has 0 aromatic heterocycles. The molecule has 0 saturated carbocycles. The number of rotatable bonds is 6. The number of hydrogen-bond donors (Lipinski definition) is 2. The third-order valence-corrected chi connectivity index (χ3v) is 3.35. The monoisotopic (exact) mass is 276 g/mol. The van der Waals surface area contributed by atoms with Crippen molar-refractivity contribution < 1.29 is 19.5 Å². The number of fused-ring (bicyclic) bond motifs is 1. The first-order chi connectivity index (χ1) is 9.57. The summed E-state index contributed by atoms with van der Waals surface area (Å²) < 4.78 is 0. The van der Waals surface area contributed by atoms with Crippen LogP contribution in [0.15, 0.2) is 24.3 Å². The van der Waals surface area contributed by atoms with Gasteiger partial charge < -0.3 is 10.8 Å². The third kappa shape index (κ3) is 2.42. The maximum atomic E-state index is 12.2. The van der Waals surface area contributed by atoms with Crippen LogP contribution in [-0.2, 0) is 4.79 Å². The van der Waals surface area contributed by atoms with Gasteiger partial charge in [0.1, 0.15) is 6.04 Å². The lowest BCUT2D eigenvalue weighted by Gasteiger charge is -2.22. The van der Waals surface area contributed by atoms with Gasteiger partial charge in [0.25, 0.3) is 11.8 Å². The average molecular weight is 276 g/mol. The summed E-state index contributed by atoms with van der Waals surface area (Å²) in [6.07, 6.45) is 1.44. The molecule has 2 amide bonds. The Labute approximate surface area is 116 Å². The molecule has 6 heteroatoms. The lowest BCUT2D eigenvalue weighted by Crippen LogP contribution is -2.44. The highest BCUT2D eigenvalue weighted by molar-refractivity contribution is 6.22. The molecule has 0 radical (unpaired) electrons. The first-order valence-corrected chi connectivity index (χ1v) is 6.47. The highest BCUT2D eigenvalue weighted by Crippen LogP contribution is 2.26. The van der Waals surface area contributed by atoms with Crippen LogP contribution in [0.1, 0.15) is 40.0 Å². The predicted octanol–water partition coefficient (Wildman–Crippen LogP) is 0.865. The summed E-state index contributed by atoms with van der Waals surface area (Å²) >= 11 is 0.